The molecule has 110 valence electrons. The lowest BCUT2D eigenvalue weighted by Gasteiger charge is -2.20. The Kier molecular flexibility index (Phi) is 3.68. The SMILES string of the molecule is CC(=O)N[C@H]1CCN(c2nc(Cl)nc3c(C)cccc23)C1. The Morgan fingerprint density at radius 2 is 2.24 bits per heavy atom. The molecule has 21 heavy (non-hydrogen) atoms. The van der Waals surface area contributed by atoms with Crippen LogP contribution in [0.3, 0.4) is 0 Å². The number of anilines is 1. The van der Waals surface area contributed by atoms with Crippen LogP contribution in [-0.4, -0.2) is 35.0 Å². The summed E-state index contributed by atoms with van der Waals surface area (Å²) in [6.45, 7) is 5.15. The lowest BCUT2D eigenvalue weighted by Crippen LogP contribution is -2.35. The number of nitrogens with zero attached hydrogens (tertiary/aromatic N) is 3. The van der Waals surface area contributed by atoms with Gasteiger partial charge in [-0.1, -0.05) is 12.1 Å². The summed E-state index contributed by atoms with van der Waals surface area (Å²) in [4.78, 5) is 22.1. The number of benzene rings is 1. The Morgan fingerprint density at radius 3 is 3.00 bits per heavy atom. The fourth-order valence-corrected chi connectivity index (χ4v) is 3.02. The molecule has 0 bridgehead atoms. The molecule has 0 unspecified atom stereocenters. The second-order valence-corrected chi connectivity index (χ2v) is 5.76. The topological polar surface area (TPSA) is 58.1 Å². The Morgan fingerprint density at radius 1 is 1.43 bits per heavy atom. The first kappa shape index (κ1) is 14.1. The molecule has 2 heterocycles. The van der Waals surface area contributed by atoms with Crippen molar-refractivity contribution in [2.24, 2.45) is 0 Å². The van der Waals surface area contributed by atoms with Crippen LogP contribution in [0, 0.1) is 6.92 Å². The monoisotopic (exact) mass is 304 g/mol. The number of halogens is 1. The first-order valence-electron chi connectivity index (χ1n) is 6.99. The van der Waals surface area contributed by atoms with E-state index in [1.165, 1.54) is 0 Å². The molecule has 0 spiro atoms. The molecule has 1 aromatic carbocycles. The highest BCUT2D eigenvalue weighted by Crippen LogP contribution is 2.29. The molecule has 1 aliphatic heterocycles. The van der Waals surface area contributed by atoms with Crippen molar-refractivity contribution in [3.63, 3.8) is 0 Å². The number of aryl methyl sites for hydroxylation is 1. The van der Waals surface area contributed by atoms with E-state index in [1.54, 1.807) is 6.92 Å². The van der Waals surface area contributed by atoms with Crippen LogP contribution >= 0.6 is 11.6 Å². The quantitative estimate of drug-likeness (QED) is 0.865. The average Bonchev–Trinajstić information content (AvgIpc) is 2.86. The van der Waals surface area contributed by atoms with Gasteiger partial charge in [-0.15, -0.1) is 0 Å². The largest absolute Gasteiger partial charge is 0.354 e. The van der Waals surface area contributed by atoms with Gasteiger partial charge in [-0.25, -0.2) is 4.98 Å². The maximum absolute atomic E-state index is 11.2. The number of fused-ring (bicyclic) bond motifs is 1. The second kappa shape index (κ2) is 5.48. The van der Waals surface area contributed by atoms with Crippen molar-refractivity contribution in [1.82, 2.24) is 15.3 Å². The number of carbonyl (C=O) groups is 1. The number of aromatic nitrogens is 2. The van der Waals surface area contributed by atoms with E-state index in [4.69, 9.17) is 11.6 Å². The third kappa shape index (κ3) is 2.78. The van der Waals surface area contributed by atoms with Crippen LogP contribution in [0.15, 0.2) is 18.2 Å². The van der Waals surface area contributed by atoms with Gasteiger partial charge in [-0.2, -0.15) is 4.98 Å². The van der Waals surface area contributed by atoms with Crippen molar-refractivity contribution in [2.45, 2.75) is 26.3 Å². The molecule has 1 aliphatic rings. The number of para-hydroxylation sites is 1. The van der Waals surface area contributed by atoms with E-state index in [9.17, 15) is 4.79 Å². The van der Waals surface area contributed by atoms with Gasteiger partial charge in [0.25, 0.3) is 0 Å². The summed E-state index contributed by atoms with van der Waals surface area (Å²) in [6.07, 6.45) is 0.911. The highest BCUT2D eigenvalue weighted by Gasteiger charge is 2.26. The fraction of sp³-hybridized carbons (Fsp3) is 0.400. The van der Waals surface area contributed by atoms with Crippen molar-refractivity contribution in [2.75, 3.05) is 18.0 Å². The van der Waals surface area contributed by atoms with Crippen LogP contribution in [0.5, 0.6) is 0 Å². The summed E-state index contributed by atoms with van der Waals surface area (Å²) in [6, 6.07) is 6.19. The molecule has 6 heteroatoms. The third-order valence-electron chi connectivity index (χ3n) is 3.78. The molecule has 5 nitrogen and oxygen atoms in total. The van der Waals surface area contributed by atoms with E-state index < -0.39 is 0 Å². The van der Waals surface area contributed by atoms with E-state index in [2.05, 4.69) is 20.2 Å². The zero-order chi connectivity index (χ0) is 15.0. The van der Waals surface area contributed by atoms with E-state index in [0.29, 0.717) is 0 Å². The van der Waals surface area contributed by atoms with Gasteiger partial charge in [0.1, 0.15) is 5.82 Å². The number of hydrogen-bond acceptors (Lipinski definition) is 4. The van der Waals surface area contributed by atoms with E-state index >= 15 is 0 Å². The lowest BCUT2D eigenvalue weighted by atomic mass is 10.1. The standard InChI is InChI=1S/C15H17ClN4O/c1-9-4-3-5-12-13(9)18-15(16)19-14(12)20-7-6-11(8-20)17-10(2)21/h3-5,11H,6-8H2,1-2H3,(H,17,21)/t11-/m0/s1. The minimum Gasteiger partial charge on any atom is -0.354 e. The minimum absolute atomic E-state index is 0.00303. The Balaban J connectivity index is 1.98. The molecule has 0 radical (unpaired) electrons. The molecule has 1 atom stereocenters. The van der Waals surface area contributed by atoms with Crippen LogP contribution in [0.25, 0.3) is 10.9 Å². The summed E-state index contributed by atoms with van der Waals surface area (Å²) < 4.78 is 0. The molecule has 0 saturated carbocycles. The van der Waals surface area contributed by atoms with Gasteiger partial charge in [0.05, 0.1) is 5.52 Å². The predicted molar refractivity (Wildman–Crippen MR) is 83.7 cm³/mol. The molecule has 0 aliphatic carbocycles. The van der Waals surface area contributed by atoms with Gasteiger partial charge in [-0.3, -0.25) is 4.79 Å². The van der Waals surface area contributed by atoms with E-state index in [1.807, 2.05) is 25.1 Å². The lowest BCUT2D eigenvalue weighted by molar-refractivity contribution is -0.119. The molecule has 3 rings (SSSR count). The highest BCUT2D eigenvalue weighted by molar-refractivity contribution is 6.28. The normalized spacial score (nSPS) is 18.2. The first-order valence-corrected chi connectivity index (χ1v) is 7.37. The van der Waals surface area contributed by atoms with Gasteiger partial charge in [0.2, 0.25) is 11.2 Å². The summed E-state index contributed by atoms with van der Waals surface area (Å²) >= 11 is 6.08. The maximum atomic E-state index is 11.2. The van der Waals surface area contributed by atoms with E-state index in [-0.39, 0.29) is 17.2 Å². The van der Waals surface area contributed by atoms with Gasteiger partial charge < -0.3 is 10.2 Å². The Hall–Kier alpha value is -1.88. The number of rotatable bonds is 2. The van der Waals surface area contributed by atoms with Gasteiger partial charge in [0.15, 0.2) is 0 Å². The highest BCUT2D eigenvalue weighted by atomic mass is 35.5. The number of nitrogens with one attached hydrogen (secondary N) is 1. The summed E-state index contributed by atoms with van der Waals surface area (Å²) in [5.41, 5.74) is 1.96. The molecular weight excluding hydrogens is 288 g/mol. The molecule has 1 fully saturated rings. The van der Waals surface area contributed by atoms with Crippen LogP contribution in [-0.2, 0) is 4.79 Å². The van der Waals surface area contributed by atoms with Crippen LogP contribution in [0.4, 0.5) is 5.82 Å². The summed E-state index contributed by atoms with van der Waals surface area (Å²) in [5, 5.41) is 4.22. The smallest absolute Gasteiger partial charge is 0.224 e. The number of amides is 1. The van der Waals surface area contributed by atoms with Crippen molar-refractivity contribution < 1.29 is 4.79 Å². The van der Waals surface area contributed by atoms with Crippen LogP contribution in [0.1, 0.15) is 18.9 Å². The van der Waals surface area contributed by atoms with Gasteiger partial charge in [-0.05, 0) is 36.6 Å². The minimum atomic E-state index is 0.00303. The van der Waals surface area contributed by atoms with Crippen molar-refractivity contribution in [3.05, 3.63) is 29.0 Å². The third-order valence-corrected chi connectivity index (χ3v) is 3.95. The number of carbonyl (C=O) groups excluding carboxylic acids is 1. The Bertz CT molecular complexity index is 703. The first-order chi connectivity index (χ1) is 10.0. The summed E-state index contributed by atoms with van der Waals surface area (Å²) in [7, 11) is 0. The zero-order valence-corrected chi connectivity index (χ0v) is 12.8. The van der Waals surface area contributed by atoms with Crippen LogP contribution in [0.2, 0.25) is 5.28 Å². The average molecular weight is 305 g/mol. The molecule has 1 amide bonds. The Labute approximate surface area is 128 Å². The van der Waals surface area contributed by atoms with E-state index in [0.717, 1.165) is 41.8 Å². The zero-order valence-electron chi connectivity index (χ0n) is 12.1. The summed E-state index contributed by atoms with van der Waals surface area (Å²) in [5.74, 6) is 0.852. The fourth-order valence-electron chi connectivity index (χ4n) is 2.85. The molecule has 1 saturated heterocycles. The predicted octanol–water partition coefficient (Wildman–Crippen LogP) is 2.31. The second-order valence-electron chi connectivity index (χ2n) is 5.42. The van der Waals surface area contributed by atoms with Crippen LogP contribution < -0.4 is 10.2 Å². The number of hydrogen-bond donors (Lipinski definition) is 1. The van der Waals surface area contributed by atoms with Crippen molar-refractivity contribution in [1.29, 1.82) is 0 Å². The van der Waals surface area contributed by atoms with Gasteiger partial charge >= 0.3 is 0 Å². The van der Waals surface area contributed by atoms with Gasteiger partial charge in [0, 0.05) is 31.4 Å². The van der Waals surface area contributed by atoms with Crippen molar-refractivity contribution >= 4 is 34.2 Å². The molecule has 1 N–H and O–H groups in total. The molecular formula is C15H17ClN4O. The maximum Gasteiger partial charge on any atom is 0.224 e. The molecule has 1 aromatic heterocycles. The van der Waals surface area contributed by atoms with Crippen molar-refractivity contribution in [3.8, 4) is 0 Å². The molecule has 2 aromatic rings.